The number of nitrogens with zero attached hydrogens (tertiary/aromatic N) is 2. The maximum absolute atomic E-state index is 12.4. The molecule has 0 saturated carbocycles. The van der Waals surface area contributed by atoms with Gasteiger partial charge in [-0.3, -0.25) is 9.59 Å². The van der Waals surface area contributed by atoms with Crippen LogP contribution in [-0.4, -0.2) is 62.4 Å². The van der Waals surface area contributed by atoms with E-state index in [0.29, 0.717) is 28.0 Å². The number of carbonyl (C=O) groups is 2. The fraction of sp³-hybridized carbons (Fsp3) is 0.333. The van der Waals surface area contributed by atoms with Gasteiger partial charge in [0.1, 0.15) is 5.75 Å². The maximum Gasteiger partial charge on any atom is 0.316 e. The summed E-state index contributed by atoms with van der Waals surface area (Å²) in [5.41, 5.74) is 1.09. The highest BCUT2D eigenvalue weighted by atomic mass is 35.5. The van der Waals surface area contributed by atoms with Crippen LogP contribution in [0.1, 0.15) is 0 Å². The number of hydrogen-bond acceptors (Lipinski definition) is 6. The number of halogens is 2. The average Bonchev–Trinajstić information content (AvgIpc) is 2.78. The number of hydrogen-bond donors (Lipinski definition) is 0. The van der Waals surface area contributed by atoms with E-state index in [9.17, 15) is 9.59 Å². The molecule has 30 heavy (non-hydrogen) atoms. The van der Waals surface area contributed by atoms with Crippen LogP contribution < -0.4 is 9.64 Å². The molecule has 1 aliphatic rings. The van der Waals surface area contributed by atoms with E-state index < -0.39 is 5.97 Å². The van der Waals surface area contributed by atoms with Crippen molar-refractivity contribution in [2.75, 3.05) is 50.5 Å². The summed E-state index contributed by atoms with van der Waals surface area (Å²) in [4.78, 5) is 29.0. The van der Waals surface area contributed by atoms with Crippen molar-refractivity contribution in [2.45, 2.75) is 4.90 Å². The number of piperazine rings is 1. The highest BCUT2D eigenvalue weighted by molar-refractivity contribution is 8.00. The van der Waals surface area contributed by atoms with Crippen molar-refractivity contribution < 1.29 is 19.1 Å². The molecule has 3 rings (SSSR count). The number of anilines is 1. The normalized spacial score (nSPS) is 13.8. The molecule has 0 radical (unpaired) electrons. The summed E-state index contributed by atoms with van der Waals surface area (Å²) in [6.07, 6.45) is 0. The molecule has 0 spiro atoms. The molecule has 0 aliphatic carbocycles. The number of esters is 1. The summed E-state index contributed by atoms with van der Waals surface area (Å²) in [7, 11) is 1.64. The molecule has 160 valence electrons. The number of benzene rings is 2. The zero-order valence-electron chi connectivity index (χ0n) is 16.5. The first-order chi connectivity index (χ1) is 14.5. The zero-order valence-corrected chi connectivity index (χ0v) is 18.8. The minimum atomic E-state index is -0.471. The fourth-order valence-electron chi connectivity index (χ4n) is 3.01. The second-order valence-electron chi connectivity index (χ2n) is 6.59. The first-order valence-corrected chi connectivity index (χ1v) is 11.1. The summed E-state index contributed by atoms with van der Waals surface area (Å²) in [5.74, 6) is 0.202. The van der Waals surface area contributed by atoms with Crippen LogP contribution in [0.3, 0.4) is 0 Å². The lowest BCUT2D eigenvalue weighted by Gasteiger charge is -2.36. The van der Waals surface area contributed by atoms with Crippen LogP contribution in [0.5, 0.6) is 5.75 Å². The predicted molar refractivity (Wildman–Crippen MR) is 120 cm³/mol. The SMILES string of the molecule is COc1ccc(N2CCN(C(=O)COC(=O)CSc3cc(Cl)ccc3Cl)CC2)cc1. The number of rotatable bonds is 7. The third kappa shape index (κ3) is 6.20. The van der Waals surface area contributed by atoms with E-state index in [0.717, 1.165) is 24.5 Å². The molecule has 0 aromatic heterocycles. The van der Waals surface area contributed by atoms with Gasteiger partial charge in [0.05, 0.1) is 17.9 Å². The highest BCUT2D eigenvalue weighted by Gasteiger charge is 2.22. The standard InChI is InChI=1S/C21H22Cl2N2O4S/c1-28-17-5-3-16(4-6-17)24-8-10-25(11-9-24)20(26)13-29-21(27)14-30-19-12-15(22)2-7-18(19)23/h2-7,12H,8-11,13-14H2,1H3. The van der Waals surface area contributed by atoms with E-state index in [4.69, 9.17) is 32.7 Å². The average molecular weight is 469 g/mol. The number of ether oxygens (including phenoxy) is 2. The Morgan fingerprint density at radius 2 is 1.73 bits per heavy atom. The second-order valence-corrected chi connectivity index (χ2v) is 8.45. The molecule has 9 heteroatoms. The minimum absolute atomic E-state index is 0.0542. The Morgan fingerprint density at radius 3 is 2.40 bits per heavy atom. The third-order valence-corrected chi connectivity index (χ3v) is 6.37. The number of amides is 1. The van der Waals surface area contributed by atoms with Crippen LogP contribution in [-0.2, 0) is 14.3 Å². The quantitative estimate of drug-likeness (QED) is 0.452. The van der Waals surface area contributed by atoms with E-state index in [1.54, 1.807) is 30.2 Å². The van der Waals surface area contributed by atoms with Crippen molar-refractivity contribution in [1.29, 1.82) is 0 Å². The molecule has 0 atom stereocenters. The van der Waals surface area contributed by atoms with Crippen molar-refractivity contribution in [1.82, 2.24) is 4.90 Å². The van der Waals surface area contributed by atoms with E-state index in [1.165, 1.54) is 11.8 Å². The van der Waals surface area contributed by atoms with Gasteiger partial charge in [0.15, 0.2) is 6.61 Å². The molecule has 1 amide bonds. The van der Waals surface area contributed by atoms with Gasteiger partial charge in [0, 0.05) is 41.8 Å². The van der Waals surface area contributed by atoms with E-state index in [-0.39, 0.29) is 18.3 Å². The minimum Gasteiger partial charge on any atom is -0.497 e. The fourth-order valence-corrected chi connectivity index (χ4v) is 4.30. The molecule has 1 fully saturated rings. The van der Waals surface area contributed by atoms with Crippen molar-refractivity contribution in [3.63, 3.8) is 0 Å². The van der Waals surface area contributed by atoms with Gasteiger partial charge in [0.2, 0.25) is 0 Å². The van der Waals surface area contributed by atoms with Gasteiger partial charge in [-0.25, -0.2) is 0 Å². The molecule has 2 aromatic carbocycles. The Balaban J connectivity index is 1.40. The van der Waals surface area contributed by atoms with E-state index >= 15 is 0 Å². The Morgan fingerprint density at radius 1 is 1.03 bits per heavy atom. The van der Waals surface area contributed by atoms with Gasteiger partial charge < -0.3 is 19.3 Å². The summed E-state index contributed by atoms with van der Waals surface area (Å²) in [5, 5.41) is 1.06. The summed E-state index contributed by atoms with van der Waals surface area (Å²) in [6.45, 7) is 2.33. The molecule has 6 nitrogen and oxygen atoms in total. The number of methoxy groups -OCH3 is 1. The van der Waals surface area contributed by atoms with Crippen molar-refractivity contribution in [3.8, 4) is 5.75 Å². The van der Waals surface area contributed by atoms with Gasteiger partial charge in [-0.05, 0) is 42.5 Å². The molecule has 1 aliphatic heterocycles. The molecule has 1 saturated heterocycles. The smallest absolute Gasteiger partial charge is 0.316 e. The van der Waals surface area contributed by atoms with E-state index in [2.05, 4.69) is 4.90 Å². The Bertz CT molecular complexity index is 887. The molecule has 2 aromatic rings. The molecule has 0 bridgehead atoms. The summed E-state index contributed by atoms with van der Waals surface area (Å²) < 4.78 is 10.3. The van der Waals surface area contributed by atoms with Crippen LogP contribution in [0.2, 0.25) is 10.0 Å². The van der Waals surface area contributed by atoms with Crippen LogP contribution in [0.15, 0.2) is 47.4 Å². The van der Waals surface area contributed by atoms with Gasteiger partial charge in [-0.1, -0.05) is 23.2 Å². The maximum atomic E-state index is 12.4. The third-order valence-electron chi connectivity index (χ3n) is 4.67. The van der Waals surface area contributed by atoms with Gasteiger partial charge in [0.25, 0.3) is 5.91 Å². The highest BCUT2D eigenvalue weighted by Crippen LogP contribution is 2.29. The van der Waals surface area contributed by atoms with Crippen LogP contribution in [0, 0.1) is 0 Å². The largest absolute Gasteiger partial charge is 0.497 e. The summed E-state index contributed by atoms with van der Waals surface area (Å²) in [6, 6.07) is 12.9. The Hall–Kier alpha value is -2.09. The monoisotopic (exact) mass is 468 g/mol. The van der Waals surface area contributed by atoms with Gasteiger partial charge >= 0.3 is 5.97 Å². The molecular formula is C21H22Cl2N2O4S. The zero-order chi connectivity index (χ0) is 21.5. The van der Waals surface area contributed by atoms with Crippen molar-refractivity contribution >= 4 is 52.5 Å². The first-order valence-electron chi connectivity index (χ1n) is 9.36. The second kappa shape index (κ2) is 10.8. The molecule has 1 heterocycles. The molecule has 0 N–H and O–H groups in total. The van der Waals surface area contributed by atoms with Gasteiger partial charge in [-0.15, -0.1) is 11.8 Å². The lowest BCUT2D eigenvalue weighted by Crippen LogP contribution is -2.49. The van der Waals surface area contributed by atoms with Gasteiger partial charge in [-0.2, -0.15) is 0 Å². The predicted octanol–water partition coefficient (Wildman–Crippen LogP) is 3.99. The van der Waals surface area contributed by atoms with E-state index in [1.807, 2.05) is 24.3 Å². The van der Waals surface area contributed by atoms with Crippen LogP contribution >= 0.6 is 35.0 Å². The number of carbonyl (C=O) groups excluding carboxylic acids is 2. The topological polar surface area (TPSA) is 59.1 Å². The van der Waals surface area contributed by atoms with Crippen LogP contribution in [0.25, 0.3) is 0 Å². The van der Waals surface area contributed by atoms with Crippen LogP contribution in [0.4, 0.5) is 5.69 Å². The first kappa shape index (κ1) is 22.6. The molecular weight excluding hydrogens is 447 g/mol. The lowest BCUT2D eigenvalue weighted by atomic mass is 10.2. The number of thioether (sulfide) groups is 1. The molecule has 0 unspecified atom stereocenters. The lowest BCUT2D eigenvalue weighted by molar-refractivity contribution is -0.150. The van der Waals surface area contributed by atoms with Crippen molar-refractivity contribution in [2.24, 2.45) is 0 Å². The summed E-state index contributed by atoms with van der Waals surface area (Å²) >= 11 is 13.2. The Labute approximate surface area is 190 Å². The Kier molecular flexibility index (Phi) is 8.13. The van der Waals surface area contributed by atoms with Crippen molar-refractivity contribution in [3.05, 3.63) is 52.5 Å².